The van der Waals surface area contributed by atoms with Gasteiger partial charge in [-0.1, -0.05) is 20.3 Å². The summed E-state index contributed by atoms with van der Waals surface area (Å²) in [7, 11) is 2.25. The molecule has 2 saturated heterocycles. The van der Waals surface area contributed by atoms with E-state index in [0.717, 1.165) is 18.0 Å². The maximum absolute atomic E-state index is 3.66. The van der Waals surface area contributed by atoms with Crippen LogP contribution in [0.2, 0.25) is 0 Å². The van der Waals surface area contributed by atoms with Gasteiger partial charge in [0.05, 0.1) is 0 Å². The summed E-state index contributed by atoms with van der Waals surface area (Å²) in [6.07, 6.45) is 3.99. The molecule has 0 aliphatic carbocycles. The second-order valence-electron chi connectivity index (χ2n) is 6.03. The summed E-state index contributed by atoms with van der Waals surface area (Å²) in [6.45, 7) is 11.0. The summed E-state index contributed by atoms with van der Waals surface area (Å²) in [5, 5.41) is 3.66. The van der Waals surface area contributed by atoms with Gasteiger partial charge in [-0.3, -0.25) is 4.90 Å². The predicted molar refractivity (Wildman–Crippen MR) is 73.3 cm³/mol. The zero-order valence-corrected chi connectivity index (χ0v) is 11.8. The number of piperidine rings is 1. The summed E-state index contributed by atoms with van der Waals surface area (Å²) in [5.74, 6) is 0.828. The summed E-state index contributed by atoms with van der Waals surface area (Å²) in [5.41, 5.74) is 0. The van der Waals surface area contributed by atoms with E-state index in [-0.39, 0.29) is 0 Å². The van der Waals surface area contributed by atoms with Crippen LogP contribution in [-0.2, 0) is 0 Å². The second kappa shape index (κ2) is 6.17. The summed E-state index contributed by atoms with van der Waals surface area (Å²) >= 11 is 0. The minimum atomic E-state index is 0.737. The fraction of sp³-hybridized carbons (Fsp3) is 1.00. The molecule has 3 unspecified atom stereocenters. The molecule has 3 heteroatoms. The molecule has 0 bridgehead atoms. The highest BCUT2D eigenvalue weighted by atomic mass is 15.2. The molecule has 1 N–H and O–H groups in total. The van der Waals surface area contributed by atoms with Crippen molar-refractivity contribution in [1.29, 1.82) is 0 Å². The number of piperazine rings is 1. The molecule has 0 aromatic rings. The fourth-order valence-corrected chi connectivity index (χ4v) is 3.58. The van der Waals surface area contributed by atoms with E-state index >= 15 is 0 Å². The molecular weight excluding hydrogens is 210 g/mol. The molecule has 2 heterocycles. The summed E-state index contributed by atoms with van der Waals surface area (Å²) < 4.78 is 0. The molecule has 2 aliphatic rings. The molecule has 2 fully saturated rings. The molecule has 2 aliphatic heterocycles. The van der Waals surface area contributed by atoms with Crippen LogP contribution in [0.5, 0.6) is 0 Å². The van der Waals surface area contributed by atoms with Crippen LogP contribution in [0.1, 0.15) is 33.1 Å². The van der Waals surface area contributed by atoms with Crippen LogP contribution in [0.15, 0.2) is 0 Å². The molecule has 3 atom stereocenters. The largest absolute Gasteiger partial charge is 0.311 e. The van der Waals surface area contributed by atoms with Gasteiger partial charge in [-0.2, -0.15) is 0 Å². The van der Waals surface area contributed by atoms with E-state index in [2.05, 4.69) is 36.0 Å². The quantitative estimate of drug-likeness (QED) is 0.803. The first kappa shape index (κ1) is 13.3. The third-order valence-corrected chi connectivity index (χ3v) is 4.46. The SMILES string of the molecule is CCCC1CN(C2CCN(C)CC2C)CCN1. The van der Waals surface area contributed by atoms with E-state index < -0.39 is 0 Å². The normalized spacial score (nSPS) is 37.2. The Morgan fingerprint density at radius 1 is 1.24 bits per heavy atom. The molecule has 0 amide bonds. The van der Waals surface area contributed by atoms with Gasteiger partial charge in [0.25, 0.3) is 0 Å². The third kappa shape index (κ3) is 3.43. The Morgan fingerprint density at radius 2 is 2.06 bits per heavy atom. The highest BCUT2D eigenvalue weighted by molar-refractivity contribution is 4.88. The Bertz CT molecular complexity index is 230. The van der Waals surface area contributed by atoms with Gasteiger partial charge in [0, 0.05) is 38.3 Å². The molecule has 3 nitrogen and oxygen atoms in total. The van der Waals surface area contributed by atoms with Gasteiger partial charge in [0.15, 0.2) is 0 Å². The Labute approximate surface area is 107 Å². The fourth-order valence-electron chi connectivity index (χ4n) is 3.58. The van der Waals surface area contributed by atoms with Gasteiger partial charge >= 0.3 is 0 Å². The van der Waals surface area contributed by atoms with E-state index in [9.17, 15) is 0 Å². The van der Waals surface area contributed by atoms with Gasteiger partial charge in [0.1, 0.15) is 0 Å². The molecular formula is C14H29N3. The van der Waals surface area contributed by atoms with Crippen LogP contribution >= 0.6 is 0 Å². The van der Waals surface area contributed by atoms with Crippen LogP contribution in [0.4, 0.5) is 0 Å². The lowest BCUT2D eigenvalue weighted by atomic mass is 9.91. The highest BCUT2D eigenvalue weighted by Gasteiger charge is 2.31. The third-order valence-electron chi connectivity index (χ3n) is 4.46. The summed E-state index contributed by atoms with van der Waals surface area (Å²) in [4.78, 5) is 5.24. The molecule has 0 radical (unpaired) electrons. The Hall–Kier alpha value is -0.120. The average Bonchev–Trinajstić information content (AvgIpc) is 2.29. The van der Waals surface area contributed by atoms with Crippen molar-refractivity contribution in [2.45, 2.75) is 45.2 Å². The first-order valence-corrected chi connectivity index (χ1v) is 7.36. The van der Waals surface area contributed by atoms with Crippen LogP contribution in [0.25, 0.3) is 0 Å². The van der Waals surface area contributed by atoms with Crippen molar-refractivity contribution in [2.24, 2.45) is 5.92 Å². The van der Waals surface area contributed by atoms with Gasteiger partial charge in [-0.05, 0) is 32.4 Å². The predicted octanol–water partition coefficient (Wildman–Crippen LogP) is 1.40. The van der Waals surface area contributed by atoms with Crippen molar-refractivity contribution < 1.29 is 0 Å². The van der Waals surface area contributed by atoms with E-state index in [1.165, 1.54) is 52.0 Å². The second-order valence-corrected chi connectivity index (χ2v) is 6.03. The molecule has 0 aromatic carbocycles. The smallest absolute Gasteiger partial charge is 0.0195 e. The van der Waals surface area contributed by atoms with Crippen molar-refractivity contribution in [1.82, 2.24) is 15.1 Å². The molecule has 2 rings (SSSR count). The van der Waals surface area contributed by atoms with Crippen molar-refractivity contribution in [2.75, 3.05) is 39.8 Å². The van der Waals surface area contributed by atoms with Crippen molar-refractivity contribution in [3.63, 3.8) is 0 Å². The monoisotopic (exact) mass is 239 g/mol. The molecule has 0 spiro atoms. The number of hydrogen-bond acceptors (Lipinski definition) is 3. The highest BCUT2D eigenvalue weighted by Crippen LogP contribution is 2.22. The Morgan fingerprint density at radius 3 is 2.76 bits per heavy atom. The average molecular weight is 239 g/mol. The van der Waals surface area contributed by atoms with Crippen molar-refractivity contribution >= 4 is 0 Å². The van der Waals surface area contributed by atoms with Gasteiger partial charge in [-0.25, -0.2) is 0 Å². The number of likely N-dealkylation sites (tertiary alicyclic amines) is 1. The van der Waals surface area contributed by atoms with Crippen molar-refractivity contribution in [3.8, 4) is 0 Å². The minimum absolute atomic E-state index is 0.737. The van der Waals surface area contributed by atoms with E-state index in [0.29, 0.717) is 0 Å². The molecule has 100 valence electrons. The lowest BCUT2D eigenvalue weighted by Gasteiger charge is -2.45. The van der Waals surface area contributed by atoms with E-state index in [1.54, 1.807) is 0 Å². The summed E-state index contributed by atoms with van der Waals surface area (Å²) in [6, 6.07) is 1.56. The lowest BCUT2D eigenvalue weighted by Crippen LogP contribution is -2.58. The standard InChI is InChI=1S/C14H29N3/c1-4-5-13-11-17(9-7-15-13)14-6-8-16(3)10-12(14)2/h12-15H,4-11H2,1-3H3. The number of nitrogens with zero attached hydrogens (tertiary/aromatic N) is 2. The number of hydrogen-bond donors (Lipinski definition) is 1. The number of rotatable bonds is 3. The lowest BCUT2D eigenvalue weighted by molar-refractivity contribution is 0.0529. The minimum Gasteiger partial charge on any atom is -0.311 e. The van der Waals surface area contributed by atoms with E-state index in [4.69, 9.17) is 0 Å². The van der Waals surface area contributed by atoms with Crippen LogP contribution in [-0.4, -0.2) is 61.7 Å². The van der Waals surface area contributed by atoms with Crippen LogP contribution < -0.4 is 5.32 Å². The maximum Gasteiger partial charge on any atom is 0.0195 e. The molecule has 17 heavy (non-hydrogen) atoms. The van der Waals surface area contributed by atoms with Crippen molar-refractivity contribution in [3.05, 3.63) is 0 Å². The number of nitrogens with one attached hydrogen (secondary N) is 1. The zero-order valence-electron chi connectivity index (χ0n) is 11.8. The van der Waals surface area contributed by atoms with Gasteiger partial charge in [-0.15, -0.1) is 0 Å². The van der Waals surface area contributed by atoms with Gasteiger partial charge in [0.2, 0.25) is 0 Å². The maximum atomic E-state index is 3.66. The first-order chi connectivity index (χ1) is 8.20. The van der Waals surface area contributed by atoms with E-state index in [1.807, 2.05) is 0 Å². The van der Waals surface area contributed by atoms with Crippen LogP contribution in [0, 0.1) is 5.92 Å². The molecule has 0 aromatic heterocycles. The Balaban J connectivity index is 1.88. The topological polar surface area (TPSA) is 18.5 Å². The Kier molecular flexibility index (Phi) is 4.83. The first-order valence-electron chi connectivity index (χ1n) is 7.36. The van der Waals surface area contributed by atoms with Gasteiger partial charge < -0.3 is 10.2 Å². The zero-order chi connectivity index (χ0) is 12.3. The molecule has 0 saturated carbocycles. The van der Waals surface area contributed by atoms with Crippen LogP contribution in [0.3, 0.4) is 0 Å².